The minimum Gasteiger partial charge on any atom is -0.339 e. The smallest absolute Gasteiger partial charge is 0.143 e. The lowest BCUT2D eigenvalue weighted by atomic mass is 10.2. The van der Waals surface area contributed by atoms with Gasteiger partial charge in [-0.25, -0.2) is 4.98 Å². The van der Waals surface area contributed by atoms with E-state index in [0.29, 0.717) is 0 Å². The molecule has 4 aromatic heterocycles. The number of rotatable bonds is 2. The largest absolute Gasteiger partial charge is 0.339 e. The number of nitrogens with one attached hydrogen (secondary N) is 1. The summed E-state index contributed by atoms with van der Waals surface area (Å²) in [5.74, 6) is 0.800. The molecule has 0 amide bonds. The van der Waals surface area contributed by atoms with Gasteiger partial charge in [0.05, 0.1) is 17.4 Å². The Morgan fingerprint density at radius 3 is 2.71 bits per heavy atom. The third-order valence-corrected chi connectivity index (χ3v) is 3.58. The van der Waals surface area contributed by atoms with Gasteiger partial charge in [0, 0.05) is 36.4 Å². The van der Waals surface area contributed by atoms with Crippen LogP contribution in [0.15, 0.2) is 55.1 Å². The molecule has 0 saturated heterocycles. The van der Waals surface area contributed by atoms with Gasteiger partial charge < -0.3 is 9.88 Å². The van der Waals surface area contributed by atoms with Gasteiger partial charge in [0.1, 0.15) is 11.5 Å². The van der Waals surface area contributed by atoms with Gasteiger partial charge in [-0.05, 0) is 30.3 Å². The number of aromatic nitrogens is 4. The molecule has 0 radical (unpaired) electrons. The van der Waals surface area contributed by atoms with Crippen LogP contribution >= 0.6 is 0 Å². The van der Waals surface area contributed by atoms with Crippen LogP contribution < -0.4 is 5.32 Å². The Balaban J connectivity index is 1.86. The van der Waals surface area contributed by atoms with Crippen molar-refractivity contribution in [2.75, 3.05) is 5.32 Å². The van der Waals surface area contributed by atoms with Crippen molar-refractivity contribution in [1.29, 1.82) is 0 Å². The van der Waals surface area contributed by atoms with Crippen molar-refractivity contribution in [2.24, 2.45) is 7.05 Å². The Morgan fingerprint density at radius 1 is 0.952 bits per heavy atom. The molecule has 0 aliphatic carbocycles. The van der Waals surface area contributed by atoms with E-state index in [1.54, 1.807) is 18.6 Å². The van der Waals surface area contributed by atoms with Gasteiger partial charge in [0.25, 0.3) is 0 Å². The SMILES string of the molecule is Cn1c2ccncc2c2ccc(Nc3cccnc3)nc21. The fraction of sp³-hybridized carbons (Fsp3) is 0.0625. The number of aryl methyl sites for hydroxylation is 1. The van der Waals surface area contributed by atoms with Crippen LogP contribution in [-0.4, -0.2) is 19.5 Å². The van der Waals surface area contributed by atoms with Gasteiger partial charge >= 0.3 is 0 Å². The lowest BCUT2D eigenvalue weighted by molar-refractivity contribution is 0.989. The summed E-state index contributed by atoms with van der Waals surface area (Å²) in [7, 11) is 2.02. The third-order valence-electron chi connectivity index (χ3n) is 3.58. The first kappa shape index (κ1) is 11.8. The standard InChI is InChI=1S/C16H13N5/c1-21-14-6-8-18-10-13(14)12-4-5-15(20-16(12)21)19-11-3-2-7-17-9-11/h2-10H,1H3,(H,19,20). The number of anilines is 2. The Labute approximate surface area is 121 Å². The lowest BCUT2D eigenvalue weighted by Gasteiger charge is -2.05. The van der Waals surface area contributed by atoms with Crippen LogP contribution in [0.1, 0.15) is 0 Å². The molecule has 0 aliphatic rings. The van der Waals surface area contributed by atoms with Gasteiger partial charge in [0.15, 0.2) is 0 Å². The van der Waals surface area contributed by atoms with Crippen molar-refractivity contribution in [2.45, 2.75) is 0 Å². The van der Waals surface area contributed by atoms with Gasteiger partial charge in [-0.15, -0.1) is 0 Å². The maximum absolute atomic E-state index is 4.70. The van der Waals surface area contributed by atoms with Crippen molar-refractivity contribution in [3.05, 3.63) is 55.1 Å². The first-order valence-electron chi connectivity index (χ1n) is 6.69. The van der Waals surface area contributed by atoms with Crippen LogP contribution in [0, 0.1) is 0 Å². The van der Waals surface area contributed by atoms with E-state index in [0.717, 1.165) is 33.4 Å². The Morgan fingerprint density at radius 2 is 1.86 bits per heavy atom. The second-order valence-corrected chi connectivity index (χ2v) is 4.89. The second-order valence-electron chi connectivity index (χ2n) is 4.89. The van der Waals surface area contributed by atoms with Crippen molar-refractivity contribution < 1.29 is 0 Å². The van der Waals surface area contributed by atoms with Crippen LogP contribution in [0.25, 0.3) is 21.9 Å². The minimum atomic E-state index is 0.800. The molecule has 0 saturated carbocycles. The van der Waals surface area contributed by atoms with Crippen molar-refractivity contribution >= 4 is 33.4 Å². The molecule has 0 aromatic carbocycles. The first-order valence-corrected chi connectivity index (χ1v) is 6.69. The van der Waals surface area contributed by atoms with E-state index in [2.05, 4.69) is 25.9 Å². The molecule has 5 heteroatoms. The number of fused-ring (bicyclic) bond motifs is 3. The molecular weight excluding hydrogens is 262 g/mol. The summed E-state index contributed by atoms with van der Waals surface area (Å²) >= 11 is 0. The fourth-order valence-electron chi connectivity index (χ4n) is 2.57. The van der Waals surface area contributed by atoms with Crippen molar-refractivity contribution in [3.8, 4) is 0 Å². The normalized spacial score (nSPS) is 11.1. The summed E-state index contributed by atoms with van der Waals surface area (Å²) in [6.45, 7) is 0. The van der Waals surface area contributed by atoms with E-state index in [1.165, 1.54) is 0 Å². The molecule has 4 heterocycles. The summed E-state index contributed by atoms with van der Waals surface area (Å²) in [5, 5.41) is 5.49. The molecular formula is C16H13N5. The minimum absolute atomic E-state index is 0.800. The van der Waals surface area contributed by atoms with Crippen molar-refractivity contribution in [3.63, 3.8) is 0 Å². The molecule has 5 nitrogen and oxygen atoms in total. The number of hydrogen-bond acceptors (Lipinski definition) is 4. The quantitative estimate of drug-likeness (QED) is 0.610. The van der Waals surface area contributed by atoms with E-state index in [1.807, 2.05) is 37.5 Å². The summed E-state index contributed by atoms with van der Waals surface area (Å²) in [6, 6.07) is 9.91. The predicted molar refractivity (Wildman–Crippen MR) is 83.5 cm³/mol. The Hall–Kier alpha value is -2.95. The van der Waals surface area contributed by atoms with E-state index >= 15 is 0 Å². The average molecular weight is 275 g/mol. The molecule has 21 heavy (non-hydrogen) atoms. The lowest BCUT2D eigenvalue weighted by Crippen LogP contribution is -1.96. The average Bonchev–Trinajstić information content (AvgIpc) is 2.82. The highest BCUT2D eigenvalue weighted by atomic mass is 15.1. The molecule has 1 N–H and O–H groups in total. The molecule has 0 bridgehead atoms. The summed E-state index contributed by atoms with van der Waals surface area (Å²) in [6.07, 6.45) is 7.21. The summed E-state index contributed by atoms with van der Waals surface area (Å²) < 4.78 is 2.08. The molecule has 0 aliphatic heterocycles. The van der Waals surface area contributed by atoms with Crippen LogP contribution in [0.4, 0.5) is 11.5 Å². The van der Waals surface area contributed by atoms with Crippen LogP contribution in [0.3, 0.4) is 0 Å². The summed E-state index contributed by atoms with van der Waals surface area (Å²) in [5.41, 5.74) is 2.99. The highest BCUT2D eigenvalue weighted by molar-refractivity contribution is 6.06. The van der Waals surface area contributed by atoms with Crippen LogP contribution in [0.5, 0.6) is 0 Å². The van der Waals surface area contributed by atoms with Gasteiger partial charge in [0.2, 0.25) is 0 Å². The molecule has 0 unspecified atom stereocenters. The van der Waals surface area contributed by atoms with E-state index in [4.69, 9.17) is 4.98 Å². The number of nitrogens with zero attached hydrogens (tertiary/aromatic N) is 4. The highest BCUT2D eigenvalue weighted by Crippen LogP contribution is 2.27. The van der Waals surface area contributed by atoms with Gasteiger partial charge in [-0.2, -0.15) is 0 Å². The number of pyridine rings is 3. The van der Waals surface area contributed by atoms with Gasteiger partial charge in [-0.3, -0.25) is 9.97 Å². The third kappa shape index (κ3) is 1.90. The zero-order valence-electron chi connectivity index (χ0n) is 11.5. The zero-order valence-corrected chi connectivity index (χ0v) is 11.5. The zero-order chi connectivity index (χ0) is 14.2. The monoisotopic (exact) mass is 275 g/mol. The molecule has 102 valence electrons. The first-order chi connectivity index (χ1) is 10.3. The Kier molecular flexibility index (Phi) is 2.57. The van der Waals surface area contributed by atoms with Crippen LogP contribution in [-0.2, 0) is 7.05 Å². The molecule has 0 spiro atoms. The highest BCUT2D eigenvalue weighted by Gasteiger charge is 2.09. The van der Waals surface area contributed by atoms with E-state index in [9.17, 15) is 0 Å². The number of hydrogen-bond donors (Lipinski definition) is 1. The Bertz CT molecular complexity index is 927. The van der Waals surface area contributed by atoms with E-state index < -0.39 is 0 Å². The predicted octanol–water partition coefficient (Wildman–Crippen LogP) is 3.26. The van der Waals surface area contributed by atoms with E-state index in [-0.39, 0.29) is 0 Å². The second kappa shape index (κ2) is 4.56. The fourth-order valence-corrected chi connectivity index (χ4v) is 2.57. The topological polar surface area (TPSA) is 55.6 Å². The van der Waals surface area contributed by atoms with Crippen molar-refractivity contribution in [1.82, 2.24) is 19.5 Å². The molecule has 4 aromatic rings. The van der Waals surface area contributed by atoms with Gasteiger partial charge in [-0.1, -0.05) is 0 Å². The van der Waals surface area contributed by atoms with Crippen LogP contribution in [0.2, 0.25) is 0 Å². The molecule has 0 atom stereocenters. The maximum Gasteiger partial charge on any atom is 0.143 e. The summed E-state index contributed by atoms with van der Waals surface area (Å²) in [4.78, 5) is 13.0. The maximum atomic E-state index is 4.70. The molecule has 0 fully saturated rings. The molecule has 4 rings (SSSR count).